The van der Waals surface area contributed by atoms with E-state index < -0.39 is 6.10 Å². The Bertz CT molecular complexity index is 370. The van der Waals surface area contributed by atoms with Crippen molar-refractivity contribution in [3.63, 3.8) is 0 Å². The Kier molecular flexibility index (Phi) is 3.15. The summed E-state index contributed by atoms with van der Waals surface area (Å²) >= 11 is 0. The summed E-state index contributed by atoms with van der Waals surface area (Å²) in [5.41, 5.74) is 1.88. The molecule has 0 bridgehead atoms. The quantitative estimate of drug-likeness (QED) is 0.762. The number of hydrogen-bond donors (Lipinski definition) is 1. The number of hydrogen-bond acceptors (Lipinski definition) is 3. The lowest BCUT2D eigenvalue weighted by Crippen LogP contribution is -2.01. The predicted molar refractivity (Wildman–Crippen MR) is 58.4 cm³/mol. The molecule has 0 saturated heterocycles. The molecule has 1 aliphatic carbocycles. The second kappa shape index (κ2) is 4.75. The number of aliphatic hydroxyl groups is 1. The molecule has 0 aromatic heterocycles. The fraction of sp³-hybridized carbons (Fsp3) is 0.250. The average molecular weight is 203 g/mol. The van der Waals surface area contributed by atoms with Crippen molar-refractivity contribution in [1.82, 2.24) is 0 Å². The van der Waals surface area contributed by atoms with Crippen LogP contribution in [0.4, 0.5) is 0 Å². The minimum absolute atomic E-state index is 0.399. The van der Waals surface area contributed by atoms with Gasteiger partial charge in [0.15, 0.2) is 0 Å². The highest BCUT2D eigenvalue weighted by molar-refractivity contribution is 5.97. The third-order valence-electron chi connectivity index (χ3n) is 2.18. The zero-order valence-electron chi connectivity index (χ0n) is 8.34. The van der Waals surface area contributed by atoms with Crippen LogP contribution in [0, 0.1) is 0 Å². The number of benzene rings is 1. The van der Waals surface area contributed by atoms with Crippen molar-refractivity contribution in [3.05, 3.63) is 48.0 Å². The Balaban J connectivity index is 1.83. The van der Waals surface area contributed by atoms with E-state index >= 15 is 0 Å². The molecular weight excluding hydrogens is 190 g/mol. The first-order valence-electron chi connectivity index (χ1n) is 4.93. The minimum atomic E-state index is -0.399. The van der Waals surface area contributed by atoms with Crippen LogP contribution >= 0.6 is 0 Å². The van der Waals surface area contributed by atoms with E-state index in [1.165, 1.54) is 0 Å². The SMILES string of the molecule is O[C@H]1C=C/C(=N/OCc2ccccc2)C1. The molecule has 1 aliphatic rings. The number of rotatable bonds is 3. The molecule has 1 N–H and O–H groups in total. The van der Waals surface area contributed by atoms with Gasteiger partial charge >= 0.3 is 0 Å². The molecule has 0 heterocycles. The maximum absolute atomic E-state index is 9.19. The van der Waals surface area contributed by atoms with Crippen LogP contribution in [0.25, 0.3) is 0 Å². The van der Waals surface area contributed by atoms with Gasteiger partial charge in [-0.3, -0.25) is 0 Å². The van der Waals surface area contributed by atoms with Crippen molar-refractivity contribution in [2.45, 2.75) is 19.1 Å². The molecule has 1 atom stereocenters. The first kappa shape index (κ1) is 9.93. The average Bonchev–Trinajstić information content (AvgIpc) is 2.66. The summed E-state index contributed by atoms with van der Waals surface area (Å²) in [6.45, 7) is 0.467. The van der Waals surface area contributed by atoms with Crippen LogP contribution in [-0.4, -0.2) is 16.9 Å². The van der Waals surface area contributed by atoms with Gasteiger partial charge in [-0.05, 0) is 11.6 Å². The maximum atomic E-state index is 9.19. The van der Waals surface area contributed by atoms with Gasteiger partial charge in [-0.15, -0.1) is 0 Å². The Labute approximate surface area is 88.7 Å². The Morgan fingerprint density at radius 1 is 1.33 bits per heavy atom. The van der Waals surface area contributed by atoms with Crippen LogP contribution in [0.2, 0.25) is 0 Å². The molecule has 0 saturated carbocycles. The van der Waals surface area contributed by atoms with E-state index in [2.05, 4.69) is 5.16 Å². The van der Waals surface area contributed by atoms with Crippen LogP contribution in [-0.2, 0) is 11.4 Å². The monoisotopic (exact) mass is 203 g/mol. The van der Waals surface area contributed by atoms with E-state index in [4.69, 9.17) is 4.84 Å². The zero-order valence-corrected chi connectivity index (χ0v) is 8.34. The minimum Gasteiger partial charge on any atom is -0.391 e. The number of nitrogens with zero attached hydrogens (tertiary/aromatic N) is 1. The summed E-state index contributed by atoms with van der Waals surface area (Å²) in [6, 6.07) is 9.86. The molecule has 1 aromatic carbocycles. The van der Waals surface area contributed by atoms with Gasteiger partial charge in [0.25, 0.3) is 0 Å². The lowest BCUT2D eigenvalue weighted by molar-refractivity contribution is 0.129. The van der Waals surface area contributed by atoms with Crippen molar-refractivity contribution >= 4 is 5.71 Å². The summed E-state index contributed by atoms with van der Waals surface area (Å²) in [5, 5.41) is 13.1. The van der Waals surface area contributed by atoms with Crippen molar-refractivity contribution in [2.75, 3.05) is 0 Å². The Morgan fingerprint density at radius 3 is 2.80 bits per heavy atom. The second-order valence-corrected chi connectivity index (χ2v) is 3.47. The predicted octanol–water partition coefficient (Wildman–Crippen LogP) is 1.88. The molecule has 0 aliphatic heterocycles. The van der Waals surface area contributed by atoms with E-state index in [9.17, 15) is 5.11 Å². The number of oxime groups is 1. The summed E-state index contributed by atoms with van der Waals surface area (Å²) < 4.78 is 0. The summed E-state index contributed by atoms with van der Waals surface area (Å²) in [5.74, 6) is 0. The van der Waals surface area contributed by atoms with Crippen molar-refractivity contribution < 1.29 is 9.94 Å². The van der Waals surface area contributed by atoms with Crippen LogP contribution in [0.15, 0.2) is 47.6 Å². The highest BCUT2D eigenvalue weighted by Crippen LogP contribution is 2.08. The van der Waals surface area contributed by atoms with Gasteiger partial charge in [0.05, 0.1) is 11.8 Å². The maximum Gasteiger partial charge on any atom is 0.142 e. The van der Waals surface area contributed by atoms with Crippen LogP contribution in [0.1, 0.15) is 12.0 Å². The van der Waals surface area contributed by atoms with Gasteiger partial charge < -0.3 is 9.94 Å². The Morgan fingerprint density at radius 2 is 2.13 bits per heavy atom. The first-order valence-corrected chi connectivity index (χ1v) is 4.93. The number of aliphatic hydroxyl groups excluding tert-OH is 1. The van der Waals surface area contributed by atoms with Crippen molar-refractivity contribution in [1.29, 1.82) is 0 Å². The van der Waals surface area contributed by atoms with Gasteiger partial charge in [-0.2, -0.15) is 0 Å². The molecule has 3 nitrogen and oxygen atoms in total. The normalized spacial score (nSPS) is 22.2. The van der Waals surface area contributed by atoms with Crippen molar-refractivity contribution in [3.8, 4) is 0 Å². The highest BCUT2D eigenvalue weighted by Gasteiger charge is 2.10. The molecular formula is C12H13NO2. The number of allylic oxidation sites excluding steroid dienone is 1. The molecule has 0 amide bonds. The molecule has 0 fully saturated rings. The molecule has 78 valence electrons. The molecule has 2 rings (SSSR count). The smallest absolute Gasteiger partial charge is 0.142 e. The molecule has 3 heteroatoms. The summed E-state index contributed by atoms with van der Waals surface area (Å²) in [7, 11) is 0. The fourth-order valence-corrected chi connectivity index (χ4v) is 1.40. The van der Waals surface area contributed by atoms with Gasteiger partial charge in [0.1, 0.15) is 6.61 Å². The van der Waals surface area contributed by atoms with E-state index in [1.54, 1.807) is 12.2 Å². The molecule has 0 spiro atoms. The molecule has 15 heavy (non-hydrogen) atoms. The van der Waals surface area contributed by atoms with E-state index in [-0.39, 0.29) is 0 Å². The van der Waals surface area contributed by atoms with E-state index in [0.717, 1.165) is 11.3 Å². The molecule has 0 unspecified atom stereocenters. The van der Waals surface area contributed by atoms with Crippen LogP contribution in [0.3, 0.4) is 0 Å². The van der Waals surface area contributed by atoms with E-state index in [1.807, 2.05) is 30.3 Å². The van der Waals surface area contributed by atoms with Gasteiger partial charge in [-0.1, -0.05) is 41.6 Å². The topological polar surface area (TPSA) is 41.8 Å². The lowest BCUT2D eigenvalue weighted by atomic mass is 10.2. The van der Waals surface area contributed by atoms with Crippen LogP contribution < -0.4 is 0 Å². The summed E-state index contributed by atoms with van der Waals surface area (Å²) in [4.78, 5) is 5.18. The highest BCUT2D eigenvalue weighted by atomic mass is 16.6. The zero-order chi connectivity index (χ0) is 10.5. The molecule has 1 aromatic rings. The second-order valence-electron chi connectivity index (χ2n) is 3.47. The summed E-state index contributed by atoms with van der Waals surface area (Å²) in [6.07, 6.45) is 3.65. The van der Waals surface area contributed by atoms with Crippen LogP contribution in [0.5, 0.6) is 0 Å². The van der Waals surface area contributed by atoms with Gasteiger partial charge in [0, 0.05) is 6.42 Å². The molecule has 0 radical (unpaired) electrons. The third-order valence-corrected chi connectivity index (χ3v) is 2.18. The first-order chi connectivity index (χ1) is 7.34. The lowest BCUT2D eigenvalue weighted by Gasteiger charge is -2.00. The van der Waals surface area contributed by atoms with Crippen molar-refractivity contribution in [2.24, 2.45) is 5.16 Å². The van der Waals surface area contributed by atoms with E-state index in [0.29, 0.717) is 13.0 Å². The Hall–Kier alpha value is -1.61. The largest absolute Gasteiger partial charge is 0.391 e. The fourth-order valence-electron chi connectivity index (χ4n) is 1.40. The third kappa shape index (κ3) is 2.92. The van der Waals surface area contributed by atoms with Gasteiger partial charge in [0.2, 0.25) is 0 Å². The van der Waals surface area contributed by atoms with Gasteiger partial charge in [-0.25, -0.2) is 0 Å². The standard InChI is InChI=1S/C12H13NO2/c14-12-7-6-11(8-12)13-15-9-10-4-2-1-3-5-10/h1-7,12,14H,8-9H2/b13-11-/t12-/m0/s1.